The monoisotopic (exact) mass is 449 g/mol. The van der Waals surface area contributed by atoms with Gasteiger partial charge in [0.05, 0.1) is 6.10 Å². The molecule has 0 radical (unpaired) electrons. The summed E-state index contributed by atoms with van der Waals surface area (Å²) in [4.78, 5) is 9.11. The Labute approximate surface area is 162 Å². The third-order valence-corrected chi connectivity index (χ3v) is 4.12. The van der Waals surface area contributed by atoms with Crippen molar-refractivity contribution in [1.29, 1.82) is 0 Å². The van der Waals surface area contributed by atoms with Gasteiger partial charge in [0.2, 0.25) is 0 Å². The Morgan fingerprint density at radius 3 is 2.71 bits per heavy atom. The van der Waals surface area contributed by atoms with Crippen LogP contribution in [0.3, 0.4) is 0 Å². The molecule has 1 aliphatic carbocycles. The Morgan fingerprint density at radius 1 is 1.38 bits per heavy atom. The van der Waals surface area contributed by atoms with Crippen LogP contribution in [0.2, 0.25) is 0 Å². The molecule has 0 saturated heterocycles. The van der Waals surface area contributed by atoms with Crippen LogP contribution in [0.4, 0.5) is 0 Å². The largest absolute Gasteiger partial charge is 0.393 e. The van der Waals surface area contributed by atoms with E-state index in [0.29, 0.717) is 18.5 Å². The Bertz CT molecular complexity index is 495. The number of hydrogen-bond donors (Lipinski definition) is 3. The van der Waals surface area contributed by atoms with Gasteiger partial charge in [-0.15, -0.1) is 24.0 Å². The molecule has 0 atom stereocenters. The van der Waals surface area contributed by atoms with Gasteiger partial charge in [0, 0.05) is 31.5 Å². The van der Waals surface area contributed by atoms with E-state index >= 15 is 0 Å². The predicted molar refractivity (Wildman–Crippen MR) is 109 cm³/mol. The number of aliphatic hydroxyl groups is 1. The molecule has 0 bridgehead atoms. The number of halogens is 1. The lowest BCUT2D eigenvalue weighted by molar-refractivity contribution is 0.120. The molecule has 0 unspecified atom stereocenters. The number of hydrogen-bond acceptors (Lipinski definition) is 3. The van der Waals surface area contributed by atoms with E-state index in [9.17, 15) is 5.11 Å². The van der Waals surface area contributed by atoms with Crippen LogP contribution in [0.25, 0.3) is 0 Å². The number of aliphatic imine (C=N–C) groups is 1. The van der Waals surface area contributed by atoms with E-state index in [2.05, 4.69) is 45.9 Å². The molecule has 1 fully saturated rings. The number of guanidine groups is 1. The molecule has 3 N–H and O–H groups in total. The molecule has 24 heavy (non-hydrogen) atoms. The number of nitrogens with one attached hydrogen (secondary N) is 2. The molecule has 0 amide bonds. The third kappa shape index (κ3) is 6.96. The second kappa shape index (κ2) is 10.9. The van der Waals surface area contributed by atoms with Gasteiger partial charge < -0.3 is 20.3 Å². The summed E-state index contributed by atoms with van der Waals surface area (Å²) in [6, 6.07) is 0.395. The Morgan fingerprint density at radius 2 is 2.08 bits per heavy atom. The van der Waals surface area contributed by atoms with Gasteiger partial charge in [0.1, 0.15) is 12.4 Å². The van der Waals surface area contributed by atoms with Crippen LogP contribution in [0.5, 0.6) is 0 Å². The van der Waals surface area contributed by atoms with Crippen LogP contribution < -0.4 is 10.6 Å². The first kappa shape index (κ1) is 21.2. The number of nitrogens with zero attached hydrogens (tertiary/aromatic N) is 3. The van der Waals surface area contributed by atoms with Gasteiger partial charge in [-0.1, -0.05) is 13.8 Å². The van der Waals surface area contributed by atoms with E-state index in [-0.39, 0.29) is 30.1 Å². The molecule has 1 aliphatic rings. The van der Waals surface area contributed by atoms with Gasteiger partial charge >= 0.3 is 0 Å². The van der Waals surface area contributed by atoms with Crippen LogP contribution in [0.15, 0.2) is 17.4 Å². The molecule has 0 aliphatic heterocycles. The first-order valence-electron chi connectivity index (χ1n) is 8.81. The molecule has 0 aromatic carbocycles. The number of imidazole rings is 1. The van der Waals surface area contributed by atoms with Crippen LogP contribution in [-0.4, -0.2) is 39.3 Å². The maximum atomic E-state index is 9.61. The van der Waals surface area contributed by atoms with Crippen molar-refractivity contribution in [3.63, 3.8) is 0 Å². The highest BCUT2D eigenvalue weighted by atomic mass is 127. The Hall–Kier alpha value is -0.830. The molecule has 138 valence electrons. The fourth-order valence-corrected chi connectivity index (χ4v) is 2.93. The summed E-state index contributed by atoms with van der Waals surface area (Å²) in [5.41, 5.74) is 0. The maximum absolute atomic E-state index is 9.61. The van der Waals surface area contributed by atoms with Gasteiger partial charge in [0.25, 0.3) is 0 Å². The zero-order valence-electron chi connectivity index (χ0n) is 15.0. The minimum absolute atomic E-state index is 0. The molecule has 1 saturated carbocycles. The molecule has 1 aromatic rings. The van der Waals surface area contributed by atoms with Gasteiger partial charge in [0.15, 0.2) is 5.96 Å². The predicted octanol–water partition coefficient (Wildman–Crippen LogP) is 2.52. The topological polar surface area (TPSA) is 74.5 Å². The minimum atomic E-state index is -0.129. The maximum Gasteiger partial charge on any atom is 0.191 e. The Kier molecular flexibility index (Phi) is 9.65. The zero-order chi connectivity index (χ0) is 16.7. The normalized spacial score (nSPS) is 21.5. The van der Waals surface area contributed by atoms with E-state index in [0.717, 1.165) is 50.6 Å². The van der Waals surface area contributed by atoms with Crippen molar-refractivity contribution in [3.05, 3.63) is 18.2 Å². The van der Waals surface area contributed by atoms with E-state index in [1.807, 2.05) is 12.4 Å². The van der Waals surface area contributed by atoms with Gasteiger partial charge in [-0.25, -0.2) is 9.98 Å². The summed E-state index contributed by atoms with van der Waals surface area (Å²) in [6.45, 7) is 8.86. The van der Waals surface area contributed by atoms with Crippen molar-refractivity contribution >= 4 is 29.9 Å². The third-order valence-electron chi connectivity index (χ3n) is 4.12. The van der Waals surface area contributed by atoms with E-state index in [4.69, 9.17) is 0 Å². The molecular weight excluding hydrogens is 417 g/mol. The molecule has 1 heterocycles. The van der Waals surface area contributed by atoms with Crippen molar-refractivity contribution in [2.75, 3.05) is 6.54 Å². The first-order valence-corrected chi connectivity index (χ1v) is 8.81. The molecule has 0 spiro atoms. The summed E-state index contributed by atoms with van der Waals surface area (Å²) in [6.07, 6.45) is 7.47. The number of rotatable bonds is 6. The van der Waals surface area contributed by atoms with Crippen molar-refractivity contribution in [1.82, 2.24) is 20.2 Å². The zero-order valence-corrected chi connectivity index (χ0v) is 17.4. The molecular formula is C17H32IN5O. The quantitative estimate of drug-likeness (QED) is 0.355. The SMILES string of the molecule is CCNC(=NCc1nccn1CC(C)C)NC1CCC(O)CC1.I. The molecule has 6 nitrogen and oxygen atoms in total. The lowest BCUT2D eigenvalue weighted by Gasteiger charge is -2.27. The Balaban J connectivity index is 0.00000288. The number of aromatic nitrogens is 2. The first-order chi connectivity index (χ1) is 11.1. The summed E-state index contributed by atoms with van der Waals surface area (Å²) in [5, 5.41) is 16.4. The average Bonchev–Trinajstić information content (AvgIpc) is 2.94. The van der Waals surface area contributed by atoms with Gasteiger partial charge in [-0.3, -0.25) is 0 Å². The van der Waals surface area contributed by atoms with E-state index in [1.54, 1.807) is 0 Å². The van der Waals surface area contributed by atoms with E-state index < -0.39 is 0 Å². The van der Waals surface area contributed by atoms with E-state index in [1.165, 1.54) is 0 Å². The fraction of sp³-hybridized carbons (Fsp3) is 0.765. The smallest absolute Gasteiger partial charge is 0.191 e. The summed E-state index contributed by atoms with van der Waals surface area (Å²) in [7, 11) is 0. The standard InChI is InChI=1S/C17H31N5O.HI/c1-4-18-17(21-14-5-7-15(23)8-6-14)20-11-16-19-9-10-22(16)12-13(2)3;/h9-10,13-15,23H,4-8,11-12H2,1-3H3,(H2,18,20,21);1H. The summed E-state index contributed by atoms with van der Waals surface area (Å²) in [5.74, 6) is 2.43. The second-order valence-electron chi connectivity index (χ2n) is 6.73. The second-order valence-corrected chi connectivity index (χ2v) is 6.73. The summed E-state index contributed by atoms with van der Waals surface area (Å²) < 4.78 is 2.18. The van der Waals surface area contributed by atoms with Crippen LogP contribution in [-0.2, 0) is 13.1 Å². The van der Waals surface area contributed by atoms with Gasteiger partial charge in [-0.05, 0) is 38.5 Å². The lowest BCUT2D eigenvalue weighted by atomic mass is 9.93. The summed E-state index contributed by atoms with van der Waals surface area (Å²) >= 11 is 0. The van der Waals surface area contributed by atoms with Crippen molar-refractivity contribution in [2.45, 2.75) is 71.7 Å². The molecule has 7 heteroatoms. The highest BCUT2D eigenvalue weighted by Gasteiger charge is 2.20. The molecule has 2 rings (SSSR count). The fourth-order valence-electron chi connectivity index (χ4n) is 2.93. The van der Waals surface area contributed by atoms with Crippen LogP contribution >= 0.6 is 24.0 Å². The van der Waals surface area contributed by atoms with Crippen molar-refractivity contribution in [2.24, 2.45) is 10.9 Å². The number of aliphatic hydroxyl groups excluding tert-OH is 1. The molecule has 1 aromatic heterocycles. The van der Waals surface area contributed by atoms with Crippen LogP contribution in [0, 0.1) is 5.92 Å². The van der Waals surface area contributed by atoms with Crippen LogP contribution in [0.1, 0.15) is 52.3 Å². The highest BCUT2D eigenvalue weighted by molar-refractivity contribution is 14.0. The highest BCUT2D eigenvalue weighted by Crippen LogP contribution is 2.18. The lowest BCUT2D eigenvalue weighted by Crippen LogP contribution is -2.45. The van der Waals surface area contributed by atoms with Crippen molar-refractivity contribution in [3.8, 4) is 0 Å². The van der Waals surface area contributed by atoms with Gasteiger partial charge in [-0.2, -0.15) is 0 Å². The van der Waals surface area contributed by atoms with Crippen molar-refractivity contribution < 1.29 is 5.11 Å². The minimum Gasteiger partial charge on any atom is -0.393 e. The average molecular weight is 449 g/mol.